The van der Waals surface area contributed by atoms with Crippen molar-refractivity contribution in [2.24, 2.45) is 0 Å². The summed E-state index contributed by atoms with van der Waals surface area (Å²) in [5.41, 5.74) is 4.49. The van der Waals surface area contributed by atoms with Crippen LogP contribution in [0.15, 0.2) is 29.3 Å². The molecule has 1 fully saturated rings. The van der Waals surface area contributed by atoms with Gasteiger partial charge in [0.25, 0.3) is 0 Å². The third-order valence-electron chi connectivity index (χ3n) is 5.81. The number of benzene rings is 1. The van der Waals surface area contributed by atoms with Crippen molar-refractivity contribution in [3.8, 4) is 6.07 Å². The molecule has 0 radical (unpaired) electrons. The third-order valence-corrected chi connectivity index (χ3v) is 6.79. The highest BCUT2D eigenvalue weighted by Crippen LogP contribution is 2.34. The Balaban J connectivity index is 1.84. The fraction of sp³-hybridized carbons (Fsp3) is 0.519. The third kappa shape index (κ3) is 7.44. The zero-order chi connectivity index (χ0) is 25.5. The number of amides is 1. The zero-order valence-electron chi connectivity index (χ0n) is 21.6. The summed E-state index contributed by atoms with van der Waals surface area (Å²) in [6.07, 6.45) is 1.12. The first-order valence-electron chi connectivity index (χ1n) is 12.1. The van der Waals surface area contributed by atoms with Crippen LogP contribution in [0, 0.1) is 18.3 Å². The zero-order valence-corrected chi connectivity index (χ0v) is 22.4. The molecule has 2 aromatic rings. The lowest BCUT2D eigenvalue weighted by Crippen LogP contribution is -2.46. The molecule has 1 amide bonds. The molecule has 35 heavy (non-hydrogen) atoms. The minimum absolute atomic E-state index is 0.0825. The first-order chi connectivity index (χ1) is 16.7. The van der Waals surface area contributed by atoms with Crippen molar-refractivity contribution in [3.05, 3.63) is 46.5 Å². The molecule has 0 saturated carbocycles. The lowest BCUT2D eigenvalue weighted by molar-refractivity contribution is -0.114. The number of nitrogens with zero attached hydrogens (tertiary/aromatic N) is 3. The van der Waals surface area contributed by atoms with Crippen LogP contribution in [0.4, 0.5) is 11.5 Å². The van der Waals surface area contributed by atoms with Crippen molar-refractivity contribution in [3.63, 3.8) is 0 Å². The van der Waals surface area contributed by atoms with Crippen molar-refractivity contribution in [1.82, 2.24) is 4.98 Å². The number of anilines is 2. The normalized spacial score (nSPS) is 17.9. The molecule has 3 rings (SSSR count). The van der Waals surface area contributed by atoms with Gasteiger partial charge in [-0.3, -0.25) is 4.79 Å². The quantitative estimate of drug-likeness (QED) is 0.484. The number of nitriles is 1. The number of carbonyl (C=O) groups is 1. The molecule has 1 N–H and O–H groups in total. The van der Waals surface area contributed by atoms with E-state index in [0.29, 0.717) is 12.2 Å². The largest absolute Gasteiger partial charge is 0.374 e. The van der Waals surface area contributed by atoms with Gasteiger partial charge in [-0.05, 0) is 64.3 Å². The Bertz CT molecular complexity index is 1060. The molecule has 188 valence electrons. The predicted molar refractivity (Wildman–Crippen MR) is 141 cm³/mol. The van der Waals surface area contributed by atoms with Gasteiger partial charge >= 0.3 is 0 Å². The van der Waals surface area contributed by atoms with Crippen LogP contribution in [0.3, 0.4) is 0 Å². The maximum Gasteiger partial charge on any atom is 0.221 e. The van der Waals surface area contributed by atoms with E-state index in [9.17, 15) is 10.1 Å². The van der Waals surface area contributed by atoms with E-state index in [1.165, 1.54) is 12.5 Å². The van der Waals surface area contributed by atoms with Crippen LogP contribution in [0.1, 0.15) is 56.9 Å². The summed E-state index contributed by atoms with van der Waals surface area (Å²) in [6, 6.07) is 10.2. The molecular weight excluding hydrogens is 460 g/mol. The predicted octanol–water partition coefficient (Wildman–Crippen LogP) is 5.09. The van der Waals surface area contributed by atoms with Crippen LogP contribution >= 0.6 is 11.8 Å². The highest BCUT2D eigenvalue weighted by Gasteiger charge is 2.28. The van der Waals surface area contributed by atoms with Crippen molar-refractivity contribution >= 4 is 29.2 Å². The molecule has 2 unspecified atom stereocenters. The molecule has 7 nitrogen and oxygen atoms in total. The van der Waals surface area contributed by atoms with Crippen LogP contribution in [0.25, 0.3) is 0 Å². The van der Waals surface area contributed by atoms with Gasteiger partial charge in [-0.15, -0.1) is 11.8 Å². The van der Waals surface area contributed by atoms with E-state index in [0.717, 1.165) is 52.9 Å². The molecule has 1 aliphatic heterocycles. The fourth-order valence-electron chi connectivity index (χ4n) is 4.19. The average Bonchev–Trinajstić information content (AvgIpc) is 2.78. The second-order valence-corrected chi connectivity index (χ2v) is 10.4. The fourth-order valence-corrected chi connectivity index (χ4v) is 5.22. The molecule has 1 aliphatic rings. The number of rotatable bonds is 9. The molecular formula is C27H36N4O3S. The highest BCUT2D eigenvalue weighted by atomic mass is 32.2. The van der Waals surface area contributed by atoms with E-state index in [-0.39, 0.29) is 24.2 Å². The Morgan fingerprint density at radius 1 is 1.29 bits per heavy atom. The van der Waals surface area contributed by atoms with Gasteiger partial charge in [0.05, 0.1) is 30.5 Å². The maximum absolute atomic E-state index is 11.2. The number of thioether (sulfide) groups is 1. The Morgan fingerprint density at radius 2 is 1.94 bits per heavy atom. The van der Waals surface area contributed by atoms with Gasteiger partial charge in [-0.2, -0.15) is 5.26 Å². The highest BCUT2D eigenvalue weighted by molar-refractivity contribution is 7.99. The van der Waals surface area contributed by atoms with E-state index < -0.39 is 0 Å². The smallest absolute Gasteiger partial charge is 0.221 e. The Hall–Kier alpha value is -2.60. The standard InChI is InChI=1S/C27H36N4O3S/c1-17(2)33-16-25-20(5)24(13-28)27(30-26(25)31-14-18(3)34-19(4)15-31)35-12-11-22-7-9-23(10-8-22)29-21(6)32/h7-10,17-19H,11-12,14-16H2,1-6H3,(H,29,32). The number of pyridine rings is 1. The number of hydrogen-bond donors (Lipinski definition) is 1. The van der Waals surface area contributed by atoms with Crippen LogP contribution in [-0.2, 0) is 27.3 Å². The Kier molecular flexibility index (Phi) is 9.55. The van der Waals surface area contributed by atoms with Crippen LogP contribution < -0.4 is 10.2 Å². The van der Waals surface area contributed by atoms with Crippen LogP contribution in [-0.4, -0.2) is 48.0 Å². The molecule has 1 aromatic carbocycles. The monoisotopic (exact) mass is 496 g/mol. The first-order valence-corrected chi connectivity index (χ1v) is 13.1. The van der Waals surface area contributed by atoms with Gasteiger partial charge in [0.2, 0.25) is 5.91 Å². The van der Waals surface area contributed by atoms with Gasteiger partial charge in [-0.25, -0.2) is 4.98 Å². The first kappa shape index (κ1) is 27.0. The molecule has 2 heterocycles. The molecule has 2 atom stereocenters. The maximum atomic E-state index is 11.2. The van der Waals surface area contributed by atoms with E-state index in [4.69, 9.17) is 14.5 Å². The van der Waals surface area contributed by atoms with E-state index in [2.05, 4.69) is 30.1 Å². The lowest BCUT2D eigenvalue weighted by Gasteiger charge is -2.37. The number of hydrogen-bond acceptors (Lipinski definition) is 7. The number of nitrogens with one attached hydrogen (secondary N) is 1. The number of ether oxygens (including phenoxy) is 2. The molecule has 8 heteroatoms. The summed E-state index contributed by atoms with van der Waals surface area (Å²) in [4.78, 5) is 18.5. The molecule has 0 bridgehead atoms. The van der Waals surface area contributed by atoms with Gasteiger partial charge in [0.15, 0.2) is 0 Å². The topological polar surface area (TPSA) is 87.5 Å². The summed E-state index contributed by atoms with van der Waals surface area (Å²) in [5, 5.41) is 13.5. The van der Waals surface area contributed by atoms with Gasteiger partial charge in [-0.1, -0.05) is 12.1 Å². The lowest BCUT2D eigenvalue weighted by atomic mass is 10.0. The second kappa shape index (κ2) is 12.4. The Labute approximate surface area is 213 Å². The van der Waals surface area contributed by atoms with Gasteiger partial charge in [0.1, 0.15) is 16.9 Å². The number of aromatic nitrogens is 1. The summed E-state index contributed by atoms with van der Waals surface area (Å²) in [5.74, 6) is 1.60. The molecule has 1 aromatic heterocycles. The van der Waals surface area contributed by atoms with E-state index in [1.807, 2.05) is 45.0 Å². The van der Waals surface area contributed by atoms with Crippen molar-refractivity contribution in [1.29, 1.82) is 5.26 Å². The van der Waals surface area contributed by atoms with E-state index >= 15 is 0 Å². The molecule has 1 saturated heterocycles. The Morgan fingerprint density at radius 3 is 2.51 bits per heavy atom. The van der Waals surface area contributed by atoms with Gasteiger partial charge < -0.3 is 19.7 Å². The number of morpholine rings is 1. The average molecular weight is 497 g/mol. The summed E-state index contributed by atoms with van der Waals surface area (Å²) in [7, 11) is 0. The summed E-state index contributed by atoms with van der Waals surface area (Å²) < 4.78 is 11.9. The minimum atomic E-state index is -0.0825. The second-order valence-electron chi connectivity index (χ2n) is 9.33. The van der Waals surface area contributed by atoms with Gasteiger partial charge in [0, 0.05) is 37.0 Å². The molecule has 0 spiro atoms. The van der Waals surface area contributed by atoms with Crippen molar-refractivity contribution < 1.29 is 14.3 Å². The SMILES string of the molecule is CC(=O)Nc1ccc(CCSc2nc(N3CC(C)OC(C)C3)c(COC(C)C)c(C)c2C#N)cc1. The van der Waals surface area contributed by atoms with Crippen LogP contribution in [0.2, 0.25) is 0 Å². The summed E-state index contributed by atoms with van der Waals surface area (Å²) in [6.45, 7) is 13.6. The van der Waals surface area contributed by atoms with E-state index in [1.54, 1.807) is 11.8 Å². The van der Waals surface area contributed by atoms with Crippen LogP contribution in [0.5, 0.6) is 0 Å². The summed E-state index contributed by atoms with van der Waals surface area (Å²) >= 11 is 1.61. The van der Waals surface area contributed by atoms with Crippen molar-refractivity contribution in [2.75, 3.05) is 29.1 Å². The molecule has 0 aliphatic carbocycles. The van der Waals surface area contributed by atoms with Crippen molar-refractivity contribution in [2.45, 2.75) is 77.9 Å². The minimum Gasteiger partial charge on any atom is -0.374 e. The number of carbonyl (C=O) groups excluding carboxylic acids is 1. The number of aryl methyl sites for hydroxylation is 1.